The van der Waals surface area contributed by atoms with E-state index in [-0.39, 0.29) is 11.7 Å². The van der Waals surface area contributed by atoms with Gasteiger partial charge in [0.25, 0.3) is 0 Å². The number of aryl methyl sites for hydroxylation is 1. The van der Waals surface area contributed by atoms with Gasteiger partial charge in [-0.2, -0.15) is 0 Å². The molecule has 1 saturated heterocycles. The topological polar surface area (TPSA) is 74.6 Å². The lowest BCUT2D eigenvalue weighted by atomic mass is 10.1. The average molecular weight is 315 g/mol. The van der Waals surface area contributed by atoms with Crippen LogP contribution in [0, 0.1) is 6.92 Å². The molecule has 23 heavy (non-hydrogen) atoms. The number of carbonyl (C=O) groups is 1. The van der Waals surface area contributed by atoms with E-state index >= 15 is 0 Å². The predicted molar refractivity (Wildman–Crippen MR) is 89.9 cm³/mol. The van der Waals surface area contributed by atoms with Gasteiger partial charge in [-0.15, -0.1) is 0 Å². The lowest BCUT2D eigenvalue weighted by molar-refractivity contribution is 0.245. The molecule has 1 unspecified atom stereocenters. The Morgan fingerprint density at radius 1 is 1.39 bits per heavy atom. The highest BCUT2D eigenvalue weighted by atomic mass is 16.4. The standard InChI is InChI=1S/C17H21N3O3/c1-11-8-16(21)23-15-9-12(5-6-14(11)15)19-17(22)18-10-13-4-3-7-20(13)2/h5-6,8-9,13H,3-4,7,10H2,1-2H3,(H2,18,19,22). The van der Waals surface area contributed by atoms with Crippen molar-refractivity contribution in [1.82, 2.24) is 10.2 Å². The van der Waals surface area contributed by atoms with Crippen molar-refractivity contribution in [3.8, 4) is 0 Å². The summed E-state index contributed by atoms with van der Waals surface area (Å²) >= 11 is 0. The molecule has 0 spiro atoms. The molecule has 1 atom stereocenters. The number of likely N-dealkylation sites (N-methyl/N-ethyl adjacent to an activating group) is 1. The number of fused-ring (bicyclic) bond motifs is 1. The van der Waals surface area contributed by atoms with Crippen LogP contribution in [0.2, 0.25) is 0 Å². The van der Waals surface area contributed by atoms with E-state index in [0.717, 1.165) is 23.9 Å². The number of nitrogens with one attached hydrogen (secondary N) is 2. The molecule has 1 aromatic carbocycles. The number of nitrogens with zero attached hydrogens (tertiary/aromatic N) is 1. The van der Waals surface area contributed by atoms with Gasteiger partial charge in [-0.25, -0.2) is 9.59 Å². The molecule has 2 amide bonds. The zero-order chi connectivity index (χ0) is 16.4. The second kappa shape index (κ2) is 6.42. The Balaban J connectivity index is 1.66. The Morgan fingerprint density at radius 3 is 2.96 bits per heavy atom. The molecular formula is C17H21N3O3. The second-order valence-corrected chi connectivity index (χ2v) is 6.07. The van der Waals surface area contributed by atoms with Gasteiger partial charge in [-0.3, -0.25) is 0 Å². The first-order valence-corrected chi connectivity index (χ1v) is 7.82. The van der Waals surface area contributed by atoms with Gasteiger partial charge in [0.1, 0.15) is 5.58 Å². The molecule has 0 radical (unpaired) electrons. The summed E-state index contributed by atoms with van der Waals surface area (Å²) in [6.45, 7) is 3.57. The van der Waals surface area contributed by atoms with Crippen molar-refractivity contribution >= 4 is 22.7 Å². The molecular weight excluding hydrogens is 294 g/mol. The third-order valence-corrected chi connectivity index (χ3v) is 4.38. The van der Waals surface area contributed by atoms with Gasteiger partial charge in [0.05, 0.1) is 0 Å². The first kappa shape index (κ1) is 15.6. The number of rotatable bonds is 3. The minimum Gasteiger partial charge on any atom is -0.423 e. The summed E-state index contributed by atoms with van der Waals surface area (Å²) in [4.78, 5) is 25.7. The lowest BCUT2D eigenvalue weighted by Gasteiger charge is -2.19. The molecule has 0 aliphatic carbocycles. The van der Waals surface area contributed by atoms with Gasteiger partial charge in [0.15, 0.2) is 0 Å². The molecule has 1 aliphatic heterocycles. The highest BCUT2D eigenvalue weighted by Crippen LogP contribution is 2.20. The van der Waals surface area contributed by atoms with Crippen LogP contribution in [0.25, 0.3) is 11.0 Å². The van der Waals surface area contributed by atoms with Crippen LogP contribution in [0.1, 0.15) is 18.4 Å². The largest absolute Gasteiger partial charge is 0.423 e. The fourth-order valence-corrected chi connectivity index (χ4v) is 3.03. The number of anilines is 1. The summed E-state index contributed by atoms with van der Waals surface area (Å²) in [5.41, 5.74) is 1.55. The fraction of sp³-hybridized carbons (Fsp3) is 0.412. The smallest absolute Gasteiger partial charge is 0.336 e. The van der Waals surface area contributed by atoms with Crippen LogP contribution in [0.5, 0.6) is 0 Å². The van der Waals surface area contributed by atoms with E-state index in [1.165, 1.54) is 12.5 Å². The van der Waals surface area contributed by atoms with E-state index in [2.05, 4.69) is 22.6 Å². The lowest BCUT2D eigenvalue weighted by Crippen LogP contribution is -2.40. The third kappa shape index (κ3) is 3.53. The van der Waals surface area contributed by atoms with Crippen molar-refractivity contribution < 1.29 is 9.21 Å². The second-order valence-electron chi connectivity index (χ2n) is 6.07. The van der Waals surface area contributed by atoms with Crippen LogP contribution in [-0.2, 0) is 0 Å². The fourth-order valence-electron chi connectivity index (χ4n) is 3.03. The maximum atomic E-state index is 12.0. The highest BCUT2D eigenvalue weighted by Gasteiger charge is 2.21. The van der Waals surface area contributed by atoms with Crippen molar-refractivity contribution in [3.05, 3.63) is 40.2 Å². The van der Waals surface area contributed by atoms with Crippen molar-refractivity contribution in [1.29, 1.82) is 0 Å². The summed E-state index contributed by atoms with van der Waals surface area (Å²) in [7, 11) is 2.07. The quantitative estimate of drug-likeness (QED) is 0.853. The number of likely N-dealkylation sites (tertiary alicyclic amines) is 1. The van der Waals surface area contributed by atoms with Crippen molar-refractivity contribution in [2.24, 2.45) is 0 Å². The summed E-state index contributed by atoms with van der Waals surface area (Å²) in [5.74, 6) is 0. The van der Waals surface area contributed by atoms with E-state index < -0.39 is 0 Å². The summed E-state index contributed by atoms with van der Waals surface area (Å²) < 4.78 is 5.19. The van der Waals surface area contributed by atoms with Crippen LogP contribution < -0.4 is 16.3 Å². The van der Waals surface area contributed by atoms with Crippen LogP contribution in [0.4, 0.5) is 10.5 Å². The normalized spacial score (nSPS) is 18.3. The van der Waals surface area contributed by atoms with Crippen molar-refractivity contribution in [2.75, 3.05) is 25.5 Å². The molecule has 1 aromatic heterocycles. The number of urea groups is 1. The minimum absolute atomic E-state index is 0.250. The van der Waals surface area contributed by atoms with Gasteiger partial charge >= 0.3 is 11.7 Å². The zero-order valence-electron chi connectivity index (χ0n) is 13.4. The van der Waals surface area contributed by atoms with Crippen molar-refractivity contribution in [2.45, 2.75) is 25.8 Å². The molecule has 2 N–H and O–H groups in total. The SMILES string of the molecule is Cc1cc(=O)oc2cc(NC(=O)NCC3CCCN3C)ccc12. The first-order valence-electron chi connectivity index (χ1n) is 7.82. The Hall–Kier alpha value is -2.34. The van der Waals surface area contributed by atoms with E-state index in [0.29, 0.717) is 23.9 Å². The summed E-state index contributed by atoms with van der Waals surface area (Å²) in [6, 6.07) is 6.92. The minimum atomic E-state index is -0.388. The zero-order valence-corrected chi connectivity index (χ0v) is 13.4. The highest BCUT2D eigenvalue weighted by molar-refractivity contribution is 5.92. The molecule has 0 bridgehead atoms. The molecule has 6 nitrogen and oxygen atoms in total. The van der Waals surface area contributed by atoms with Crippen molar-refractivity contribution in [3.63, 3.8) is 0 Å². The number of carbonyl (C=O) groups excluding carboxylic acids is 1. The van der Waals surface area contributed by atoms with Gasteiger partial charge in [-0.05, 0) is 51.1 Å². The number of benzene rings is 1. The molecule has 1 fully saturated rings. The van der Waals surface area contributed by atoms with E-state index in [1.807, 2.05) is 13.0 Å². The summed E-state index contributed by atoms with van der Waals surface area (Å²) in [6.07, 6.45) is 2.28. The van der Waals surface area contributed by atoms with Gasteiger partial charge in [-0.1, -0.05) is 0 Å². The van der Waals surface area contributed by atoms with E-state index in [4.69, 9.17) is 4.42 Å². The molecule has 3 rings (SSSR count). The van der Waals surface area contributed by atoms with Gasteiger partial charge in [0, 0.05) is 35.8 Å². The van der Waals surface area contributed by atoms with E-state index in [9.17, 15) is 9.59 Å². The van der Waals surface area contributed by atoms with E-state index in [1.54, 1.807) is 12.1 Å². The van der Waals surface area contributed by atoms with Crippen LogP contribution in [0.3, 0.4) is 0 Å². The molecule has 2 heterocycles. The van der Waals surface area contributed by atoms with Crippen LogP contribution >= 0.6 is 0 Å². The number of hydrogen-bond donors (Lipinski definition) is 2. The predicted octanol–water partition coefficient (Wildman–Crippen LogP) is 2.32. The number of amides is 2. The first-order chi connectivity index (χ1) is 11.0. The maximum absolute atomic E-state index is 12.0. The Morgan fingerprint density at radius 2 is 2.22 bits per heavy atom. The maximum Gasteiger partial charge on any atom is 0.336 e. The van der Waals surface area contributed by atoms with Gasteiger partial charge in [0.2, 0.25) is 0 Å². The van der Waals surface area contributed by atoms with Crippen LogP contribution in [-0.4, -0.2) is 37.1 Å². The van der Waals surface area contributed by atoms with Gasteiger partial charge < -0.3 is 20.0 Å². The Labute approximate surface area is 134 Å². The molecule has 2 aromatic rings. The monoisotopic (exact) mass is 315 g/mol. The Kier molecular flexibility index (Phi) is 4.34. The molecule has 122 valence electrons. The number of hydrogen-bond acceptors (Lipinski definition) is 4. The van der Waals surface area contributed by atoms with Crippen LogP contribution in [0.15, 0.2) is 33.5 Å². The molecule has 0 saturated carbocycles. The summed E-state index contributed by atoms with van der Waals surface area (Å²) in [5, 5.41) is 6.54. The third-order valence-electron chi connectivity index (χ3n) is 4.38. The average Bonchev–Trinajstić information content (AvgIpc) is 2.90. The Bertz CT molecular complexity index is 784. The molecule has 6 heteroatoms. The molecule has 1 aliphatic rings.